The summed E-state index contributed by atoms with van der Waals surface area (Å²) in [5.74, 6) is 0.683. The van der Waals surface area contributed by atoms with Crippen LogP contribution in [0.5, 0.6) is 0 Å². The normalized spacial score (nSPS) is 12.3. The Labute approximate surface area is 392 Å². The van der Waals surface area contributed by atoms with Crippen molar-refractivity contribution in [3.05, 3.63) is 289 Å². The maximum atomic E-state index is 5.28. The zero-order valence-electron chi connectivity index (χ0n) is 36.8. The third kappa shape index (κ3) is 7.26. The van der Waals surface area contributed by atoms with Crippen LogP contribution >= 0.6 is 0 Å². The van der Waals surface area contributed by atoms with Crippen molar-refractivity contribution in [3.63, 3.8) is 0 Å². The van der Waals surface area contributed by atoms with Gasteiger partial charge in [-0.05, 0) is 102 Å². The molecule has 67 heavy (non-hydrogen) atoms. The monoisotopic (exact) mass is 852 g/mol. The van der Waals surface area contributed by atoms with E-state index in [9.17, 15) is 0 Å². The van der Waals surface area contributed by atoms with Crippen LogP contribution in [0.1, 0.15) is 22.3 Å². The SMILES string of the molecule is c1ccc(-c2ccc(-c3cc(-c4cccc(-c5ccccc5)c4)nc(-c4cccc(-c5ccc(-c6ccc7c(c6)C(c6ccccc6)(c6ccccc6)c6ccccc6-7)cc5)c4)n3)cc2)cc1. The van der Waals surface area contributed by atoms with E-state index in [4.69, 9.17) is 9.97 Å². The molecule has 10 aromatic carbocycles. The van der Waals surface area contributed by atoms with Gasteiger partial charge in [0, 0.05) is 16.7 Å². The predicted octanol–water partition coefficient (Wildman–Crippen LogP) is 16.5. The summed E-state index contributed by atoms with van der Waals surface area (Å²) in [6.45, 7) is 0. The van der Waals surface area contributed by atoms with Gasteiger partial charge >= 0.3 is 0 Å². The van der Waals surface area contributed by atoms with Crippen LogP contribution in [0.4, 0.5) is 0 Å². The summed E-state index contributed by atoms with van der Waals surface area (Å²) >= 11 is 0. The van der Waals surface area contributed by atoms with Crippen molar-refractivity contribution < 1.29 is 0 Å². The van der Waals surface area contributed by atoms with E-state index in [1.54, 1.807) is 0 Å². The third-order valence-electron chi connectivity index (χ3n) is 13.4. The molecule has 2 nitrogen and oxygen atoms in total. The van der Waals surface area contributed by atoms with E-state index in [0.29, 0.717) is 5.82 Å². The second-order valence-electron chi connectivity index (χ2n) is 17.3. The molecule has 314 valence electrons. The van der Waals surface area contributed by atoms with Gasteiger partial charge in [0.2, 0.25) is 0 Å². The number of aromatic nitrogens is 2. The second-order valence-corrected chi connectivity index (χ2v) is 17.3. The molecule has 1 aliphatic carbocycles. The topological polar surface area (TPSA) is 25.8 Å². The molecule has 12 rings (SSSR count). The highest BCUT2D eigenvalue weighted by molar-refractivity contribution is 5.89. The summed E-state index contributed by atoms with van der Waals surface area (Å²) in [6.07, 6.45) is 0. The fourth-order valence-corrected chi connectivity index (χ4v) is 10.1. The summed E-state index contributed by atoms with van der Waals surface area (Å²) < 4.78 is 0. The molecule has 0 bridgehead atoms. The first-order valence-corrected chi connectivity index (χ1v) is 23.0. The highest BCUT2D eigenvalue weighted by Gasteiger charge is 2.46. The number of fused-ring (bicyclic) bond motifs is 3. The number of rotatable bonds is 9. The van der Waals surface area contributed by atoms with Gasteiger partial charge < -0.3 is 0 Å². The van der Waals surface area contributed by atoms with Gasteiger partial charge in [-0.25, -0.2) is 9.97 Å². The fourth-order valence-electron chi connectivity index (χ4n) is 10.1. The van der Waals surface area contributed by atoms with Gasteiger partial charge in [0.15, 0.2) is 5.82 Å². The molecule has 1 heterocycles. The van der Waals surface area contributed by atoms with Crippen molar-refractivity contribution in [3.8, 4) is 89.5 Å². The molecular formula is C65H44N2. The molecule has 0 amide bonds. The highest BCUT2D eigenvalue weighted by atomic mass is 14.9. The molecule has 0 atom stereocenters. The van der Waals surface area contributed by atoms with Crippen LogP contribution in [-0.4, -0.2) is 9.97 Å². The van der Waals surface area contributed by atoms with Gasteiger partial charge in [0.05, 0.1) is 16.8 Å². The summed E-state index contributed by atoms with van der Waals surface area (Å²) in [4.78, 5) is 10.5. The molecule has 1 aromatic heterocycles. The Bertz CT molecular complexity index is 3490. The van der Waals surface area contributed by atoms with E-state index in [1.165, 1.54) is 61.2 Å². The van der Waals surface area contributed by atoms with Crippen LogP contribution in [-0.2, 0) is 5.41 Å². The molecule has 1 aliphatic rings. The number of benzene rings is 10. The smallest absolute Gasteiger partial charge is 0.160 e. The van der Waals surface area contributed by atoms with Crippen LogP contribution in [0.15, 0.2) is 267 Å². The molecule has 0 spiro atoms. The maximum absolute atomic E-state index is 5.28. The van der Waals surface area contributed by atoms with E-state index in [1.807, 2.05) is 0 Å². The first-order valence-electron chi connectivity index (χ1n) is 23.0. The quantitative estimate of drug-likeness (QED) is 0.145. The van der Waals surface area contributed by atoms with Crippen LogP contribution in [0.25, 0.3) is 89.5 Å². The number of nitrogens with zero attached hydrogens (tertiary/aromatic N) is 2. The minimum atomic E-state index is -0.444. The van der Waals surface area contributed by atoms with Crippen molar-refractivity contribution in [1.82, 2.24) is 9.97 Å². The average molecular weight is 853 g/mol. The van der Waals surface area contributed by atoms with Crippen LogP contribution in [0.2, 0.25) is 0 Å². The Morgan fingerprint density at radius 3 is 1.19 bits per heavy atom. The standard InChI is InChI=1S/C65H44N2/c1-5-17-45(18-6-1)47-35-37-50(38-36-47)62-44-63(54-23-15-21-51(41-54)46-19-7-2-8-20-46)67-64(66-62)55-24-16-22-52(42-55)48-31-33-49(34-32-48)53-39-40-59-58-29-13-14-30-60(58)65(61(59)43-53,56-25-9-3-10-26-56)57-27-11-4-12-28-57/h1-44H. The van der Waals surface area contributed by atoms with Crippen LogP contribution in [0, 0.1) is 0 Å². The Hall–Kier alpha value is -8.72. The van der Waals surface area contributed by atoms with E-state index in [-0.39, 0.29) is 0 Å². The minimum Gasteiger partial charge on any atom is -0.228 e. The van der Waals surface area contributed by atoms with Gasteiger partial charge in [-0.1, -0.05) is 243 Å². The molecule has 0 N–H and O–H groups in total. The molecule has 0 fully saturated rings. The lowest BCUT2D eigenvalue weighted by Gasteiger charge is -2.34. The predicted molar refractivity (Wildman–Crippen MR) is 277 cm³/mol. The fraction of sp³-hybridized carbons (Fsp3) is 0.0154. The molecule has 0 unspecified atom stereocenters. The molecular weight excluding hydrogens is 809 g/mol. The van der Waals surface area contributed by atoms with Gasteiger partial charge in [-0.15, -0.1) is 0 Å². The van der Waals surface area contributed by atoms with Gasteiger partial charge in [0.25, 0.3) is 0 Å². The number of hydrogen-bond acceptors (Lipinski definition) is 2. The Kier molecular flexibility index (Phi) is 10.1. The average Bonchev–Trinajstić information content (AvgIpc) is 3.72. The molecule has 0 radical (unpaired) electrons. The Morgan fingerprint density at radius 1 is 0.224 bits per heavy atom. The van der Waals surface area contributed by atoms with E-state index < -0.39 is 5.41 Å². The van der Waals surface area contributed by atoms with Gasteiger partial charge in [0.1, 0.15) is 0 Å². The second kappa shape index (κ2) is 17.0. The van der Waals surface area contributed by atoms with Gasteiger partial charge in [-0.2, -0.15) is 0 Å². The minimum absolute atomic E-state index is 0.444. The largest absolute Gasteiger partial charge is 0.228 e. The molecule has 0 saturated heterocycles. The zero-order chi connectivity index (χ0) is 44.6. The van der Waals surface area contributed by atoms with Gasteiger partial charge in [-0.3, -0.25) is 0 Å². The van der Waals surface area contributed by atoms with E-state index >= 15 is 0 Å². The summed E-state index contributed by atoms with van der Waals surface area (Å²) in [7, 11) is 0. The summed E-state index contributed by atoms with van der Waals surface area (Å²) in [6, 6.07) is 96.0. The number of hydrogen-bond donors (Lipinski definition) is 0. The van der Waals surface area contributed by atoms with Crippen LogP contribution in [0.3, 0.4) is 0 Å². The molecule has 11 aromatic rings. The van der Waals surface area contributed by atoms with Crippen LogP contribution < -0.4 is 0 Å². The summed E-state index contributed by atoms with van der Waals surface area (Å²) in [5.41, 5.74) is 21.3. The van der Waals surface area contributed by atoms with Crippen molar-refractivity contribution in [2.45, 2.75) is 5.41 Å². The Balaban J connectivity index is 0.914. The van der Waals surface area contributed by atoms with Crippen molar-refractivity contribution in [2.75, 3.05) is 0 Å². The molecule has 0 aliphatic heterocycles. The first kappa shape index (κ1) is 39.8. The third-order valence-corrected chi connectivity index (χ3v) is 13.4. The lowest BCUT2D eigenvalue weighted by Crippen LogP contribution is -2.28. The van der Waals surface area contributed by atoms with Crippen molar-refractivity contribution in [2.24, 2.45) is 0 Å². The zero-order valence-corrected chi connectivity index (χ0v) is 36.8. The molecule has 2 heteroatoms. The lowest BCUT2D eigenvalue weighted by atomic mass is 9.67. The van der Waals surface area contributed by atoms with Crippen molar-refractivity contribution >= 4 is 0 Å². The summed E-state index contributed by atoms with van der Waals surface area (Å²) in [5, 5.41) is 0. The van der Waals surface area contributed by atoms with E-state index in [2.05, 4.69) is 267 Å². The highest BCUT2D eigenvalue weighted by Crippen LogP contribution is 2.56. The van der Waals surface area contributed by atoms with Crippen molar-refractivity contribution in [1.29, 1.82) is 0 Å². The first-order chi connectivity index (χ1) is 33.2. The Morgan fingerprint density at radius 2 is 0.597 bits per heavy atom. The maximum Gasteiger partial charge on any atom is 0.160 e. The van der Waals surface area contributed by atoms with E-state index in [0.717, 1.165) is 44.8 Å². The molecule has 0 saturated carbocycles. The lowest BCUT2D eigenvalue weighted by molar-refractivity contribution is 0.769.